The Hall–Kier alpha value is -1.45. The SMILES string of the molecule is CC(=O)c1cnn(C(C)=O)c1C. The first-order chi connectivity index (χ1) is 5.54. The van der Waals surface area contributed by atoms with E-state index in [1.54, 1.807) is 6.92 Å². The molecule has 0 N–H and O–H groups in total. The lowest BCUT2D eigenvalue weighted by Gasteiger charge is -1.97. The number of carbonyl (C=O) groups is 2. The van der Waals surface area contributed by atoms with Gasteiger partial charge in [0, 0.05) is 6.92 Å². The maximum Gasteiger partial charge on any atom is 0.243 e. The highest BCUT2D eigenvalue weighted by atomic mass is 16.2. The van der Waals surface area contributed by atoms with Crippen LogP contribution < -0.4 is 0 Å². The number of carbonyl (C=O) groups excluding carboxylic acids is 2. The van der Waals surface area contributed by atoms with Gasteiger partial charge >= 0.3 is 0 Å². The molecule has 0 spiro atoms. The molecule has 64 valence electrons. The number of Topliss-reactive ketones (excluding diaryl/α,β-unsaturated/α-hetero) is 1. The van der Waals surface area contributed by atoms with E-state index in [9.17, 15) is 9.59 Å². The maximum atomic E-state index is 10.9. The number of ketones is 1. The summed E-state index contributed by atoms with van der Waals surface area (Å²) in [6.07, 6.45) is 1.42. The fourth-order valence-corrected chi connectivity index (χ4v) is 1.07. The summed E-state index contributed by atoms with van der Waals surface area (Å²) in [5.41, 5.74) is 1.11. The van der Waals surface area contributed by atoms with Crippen LogP contribution in [0.3, 0.4) is 0 Å². The molecular weight excluding hydrogens is 156 g/mol. The van der Waals surface area contributed by atoms with Crippen LogP contribution in [0.1, 0.15) is 34.7 Å². The Balaban J connectivity index is 3.22. The van der Waals surface area contributed by atoms with Gasteiger partial charge in [-0.25, -0.2) is 4.68 Å². The van der Waals surface area contributed by atoms with Crippen LogP contribution in [-0.4, -0.2) is 21.5 Å². The largest absolute Gasteiger partial charge is 0.294 e. The smallest absolute Gasteiger partial charge is 0.243 e. The van der Waals surface area contributed by atoms with Crippen molar-refractivity contribution in [3.8, 4) is 0 Å². The summed E-state index contributed by atoms with van der Waals surface area (Å²) in [5, 5.41) is 3.78. The Morgan fingerprint density at radius 2 is 2.00 bits per heavy atom. The second kappa shape index (κ2) is 2.89. The molecule has 0 aliphatic heterocycles. The van der Waals surface area contributed by atoms with Gasteiger partial charge in [0.2, 0.25) is 5.91 Å². The van der Waals surface area contributed by atoms with E-state index in [2.05, 4.69) is 5.10 Å². The minimum absolute atomic E-state index is 0.0694. The molecule has 4 nitrogen and oxygen atoms in total. The average molecular weight is 166 g/mol. The number of aromatic nitrogens is 2. The monoisotopic (exact) mass is 166 g/mol. The third-order valence-corrected chi connectivity index (χ3v) is 1.69. The van der Waals surface area contributed by atoms with Crippen molar-refractivity contribution in [2.45, 2.75) is 20.8 Å². The lowest BCUT2D eigenvalue weighted by molar-refractivity contribution is 0.0919. The quantitative estimate of drug-likeness (QED) is 0.586. The van der Waals surface area contributed by atoms with Gasteiger partial charge in [-0.1, -0.05) is 0 Å². The molecule has 0 saturated heterocycles. The molecule has 0 bridgehead atoms. The zero-order chi connectivity index (χ0) is 9.30. The first kappa shape index (κ1) is 8.64. The molecule has 0 amide bonds. The van der Waals surface area contributed by atoms with E-state index in [0.717, 1.165) is 0 Å². The highest BCUT2D eigenvalue weighted by Gasteiger charge is 2.11. The number of rotatable bonds is 1. The van der Waals surface area contributed by atoms with Gasteiger partial charge in [-0.2, -0.15) is 5.10 Å². The molecule has 0 aliphatic rings. The summed E-state index contributed by atoms with van der Waals surface area (Å²) < 4.78 is 1.22. The minimum atomic E-state index is -0.181. The lowest BCUT2D eigenvalue weighted by atomic mass is 10.2. The Kier molecular flexibility index (Phi) is 2.08. The molecule has 4 heteroatoms. The molecule has 0 aromatic carbocycles. The zero-order valence-corrected chi connectivity index (χ0v) is 7.29. The van der Waals surface area contributed by atoms with Crippen LogP contribution in [0.15, 0.2) is 6.20 Å². The van der Waals surface area contributed by atoms with Crippen molar-refractivity contribution in [3.05, 3.63) is 17.5 Å². The summed E-state index contributed by atoms with van der Waals surface area (Å²) in [6.45, 7) is 4.56. The predicted molar refractivity (Wildman–Crippen MR) is 43.3 cm³/mol. The van der Waals surface area contributed by atoms with Gasteiger partial charge in [-0.3, -0.25) is 9.59 Å². The van der Waals surface area contributed by atoms with Crippen LogP contribution in [0.4, 0.5) is 0 Å². The molecule has 1 aromatic heterocycles. The fraction of sp³-hybridized carbons (Fsp3) is 0.375. The van der Waals surface area contributed by atoms with E-state index in [1.807, 2.05) is 0 Å². The molecule has 1 rings (SSSR count). The van der Waals surface area contributed by atoms with Crippen LogP contribution in [-0.2, 0) is 0 Å². The Bertz CT molecular complexity index is 307. The maximum absolute atomic E-state index is 10.9. The topological polar surface area (TPSA) is 52.0 Å². The van der Waals surface area contributed by atoms with Crippen molar-refractivity contribution in [1.82, 2.24) is 9.78 Å². The van der Waals surface area contributed by atoms with Crippen molar-refractivity contribution >= 4 is 11.7 Å². The van der Waals surface area contributed by atoms with Crippen molar-refractivity contribution in [3.63, 3.8) is 0 Å². The van der Waals surface area contributed by atoms with Crippen LogP contribution in [0.5, 0.6) is 0 Å². The van der Waals surface area contributed by atoms with E-state index in [0.29, 0.717) is 11.3 Å². The van der Waals surface area contributed by atoms with Crippen LogP contribution in [0.2, 0.25) is 0 Å². The minimum Gasteiger partial charge on any atom is -0.294 e. The van der Waals surface area contributed by atoms with Gasteiger partial charge < -0.3 is 0 Å². The first-order valence-electron chi connectivity index (χ1n) is 3.60. The Morgan fingerprint density at radius 1 is 1.42 bits per heavy atom. The van der Waals surface area contributed by atoms with E-state index in [-0.39, 0.29) is 11.7 Å². The Morgan fingerprint density at radius 3 is 2.25 bits per heavy atom. The molecule has 0 radical (unpaired) electrons. The highest BCUT2D eigenvalue weighted by Crippen LogP contribution is 2.06. The summed E-state index contributed by atoms with van der Waals surface area (Å²) >= 11 is 0. The summed E-state index contributed by atoms with van der Waals surface area (Å²) in [4.78, 5) is 21.8. The van der Waals surface area contributed by atoms with E-state index in [1.165, 1.54) is 24.7 Å². The van der Waals surface area contributed by atoms with Crippen LogP contribution in [0.25, 0.3) is 0 Å². The third kappa shape index (κ3) is 1.28. The normalized spacial score (nSPS) is 9.92. The number of hydrogen-bond donors (Lipinski definition) is 0. The van der Waals surface area contributed by atoms with Crippen molar-refractivity contribution < 1.29 is 9.59 Å². The summed E-state index contributed by atoms with van der Waals surface area (Å²) in [6, 6.07) is 0. The molecule has 1 aromatic rings. The molecule has 0 atom stereocenters. The lowest BCUT2D eigenvalue weighted by Crippen LogP contribution is -2.10. The van der Waals surface area contributed by atoms with E-state index in [4.69, 9.17) is 0 Å². The molecule has 0 saturated carbocycles. The average Bonchev–Trinajstić information content (AvgIpc) is 2.30. The molecule has 0 aliphatic carbocycles. The van der Waals surface area contributed by atoms with Crippen LogP contribution in [0, 0.1) is 6.92 Å². The predicted octanol–water partition coefficient (Wildman–Crippen LogP) is 1.05. The highest BCUT2D eigenvalue weighted by molar-refractivity contribution is 5.95. The van der Waals surface area contributed by atoms with Gasteiger partial charge in [0.25, 0.3) is 0 Å². The van der Waals surface area contributed by atoms with Gasteiger partial charge in [0.05, 0.1) is 17.5 Å². The second-order valence-electron chi connectivity index (χ2n) is 2.63. The van der Waals surface area contributed by atoms with Crippen molar-refractivity contribution in [1.29, 1.82) is 0 Å². The van der Waals surface area contributed by atoms with Gasteiger partial charge in [-0.15, -0.1) is 0 Å². The molecule has 1 heterocycles. The molecule has 0 fully saturated rings. The van der Waals surface area contributed by atoms with Crippen molar-refractivity contribution in [2.75, 3.05) is 0 Å². The van der Waals surface area contributed by atoms with Crippen LogP contribution >= 0.6 is 0 Å². The zero-order valence-electron chi connectivity index (χ0n) is 7.29. The number of nitrogens with zero attached hydrogens (tertiary/aromatic N) is 2. The standard InChI is InChI=1S/C8H10N2O2/c1-5-8(6(2)11)4-9-10(5)7(3)12/h4H,1-3H3. The van der Waals surface area contributed by atoms with Gasteiger partial charge in [0.15, 0.2) is 5.78 Å². The molecular formula is C8H10N2O2. The molecule has 12 heavy (non-hydrogen) atoms. The van der Waals surface area contributed by atoms with E-state index < -0.39 is 0 Å². The van der Waals surface area contributed by atoms with Crippen molar-refractivity contribution in [2.24, 2.45) is 0 Å². The summed E-state index contributed by atoms with van der Waals surface area (Å²) in [5.74, 6) is -0.250. The second-order valence-corrected chi connectivity index (χ2v) is 2.63. The first-order valence-corrected chi connectivity index (χ1v) is 3.60. The number of hydrogen-bond acceptors (Lipinski definition) is 3. The fourth-order valence-electron chi connectivity index (χ4n) is 1.07. The van der Waals surface area contributed by atoms with Gasteiger partial charge in [-0.05, 0) is 13.8 Å². The summed E-state index contributed by atoms with van der Waals surface area (Å²) in [7, 11) is 0. The Labute approximate surface area is 70.2 Å². The van der Waals surface area contributed by atoms with Gasteiger partial charge in [0.1, 0.15) is 0 Å². The van der Waals surface area contributed by atoms with E-state index >= 15 is 0 Å². The molecule has 0 unspecified atom stereocenters. The third-order valence-electron chi connectivity index (χ3n) is 1.69.